The number of carbonyl (C=O) groups is 1. The Morgan fingerprint density at radius 2 is 1.64 bits per heavy atom. The normalized spacial score (nSPS) is 11.9. The third-order valence-electron chi connectivity index (χ3n) is 5.23. The van der Waals surface area contributed by atoms with E-state index < -0.39 is 35.1 Å². The summed E-state index contributed by atoms with van der Waals surface area (Å²) < 4.78 is 83.6. The molecule has 1 N–H and O–H groups in total. The lowest BCUT2D eigenvalue weighted by atomic mass is 10.1. The summed E-state index contributed by atoms with van der Waals surface area (Å²) in [5.74, 6) is -0.449. The summed E-state index contributed by atoms with van der Waals surface area (Å²) in [5.41, 5.74) is -1.55. The van der Waals surface area contributed by atoms with Gasteiger partial charge < -0.3 is 10.1 Å². The molecule has 4 aromatic rings. The van der Waals surface area contributed by atoms with Crippen LogP contribution in [0.1, 0.15) is 16.8 Å². The lowest BCUT2D eigenvalue weighted by molar-refractivity contribution is -0.143. The first-order valence-electron chi connectivity index (χ1n) is 11.0. The zero-order valence-electron chi connectivity index (χ0n) is 20.1. The van der Waals surface area contributed by atoms with Gasteiger partial charge in [-0.05, 0) is 49.4 Å². The van der Waals surface area contributed by atoms with Crippen LogP contribution < -0.4 is 10.1 Å². The Labute approximate surface area is 226 Å². The van der Waals surface area contributed by atoms with Crippen molar-refractivity contribution >= 4 is 34.7 Å². The Morgan fingerprint density at radius 3 is 2.23 bits per heavy atom. The standard InChI is InChI=1S/C25H18F6N4O2S2/c1-13-22(39-23(32-13)17-5-3-4-6-19(17)37-2)18-7-8-21(35-34-18)38-12-20(36)33-16-10-14(24(26,27)28)9-15(11-16)25(29,30)31/h3-11H,12H2,1-2H3,(H,33,36). The van der Waals surface area contributed by atoms with Gasteiger partial charge in [0.2, 0.25) is 5.91 Å². The van der Waals surface area contributed by atoms with Gasteiger partial charge in [-0.25, -0.2) is 4.98 Å². The maximum absolute atomic E-state index is 13.0. The van der Waals surface area contributed by atoms with Gasteiger partial charge in [0.05, 0.1) is 40.1 Å². The Hall–Kier alpha value is -3.65. The molecule has 2 aromatic carbocycles. The molecule has 14 heteroatoms. The molecule has 0 atom stereocenters. The summed E-state index contributed by atoms with van der Waals surface area (Å²) in [5, 5.41) is 11.4. The van der Waals surface area contributed by atoms with Crippen molar-refractivity contribution in [3.63, 3.8) is 0 Å². The molecule has 0 bridgehead atoms. The number of amides is 1. The number of rotatable bonds is 7. The predicted molar refractivity (Wildman–Crippen MR) is 136 cm³/mol. The number of hydrogen-bond acceptors (Lipinski definition) is 7. The Balaban J connectivity index is 1.44. The van der Waals surface area contributed by atoms with Crippen molar-refractivity contribution in [2.45, 2.75) is 24.3 Å². The van der Waals surface area contributed by atoms with Crippen LogP contribution >= 0.6 is 23.1 Å². The Bertz CT molecular complexity index is 1460. The number of nitrogens with zero attached hydrogens (tertiary/aromatic N) is 3. The molecule has 0 radical (unpaired) electrons. The van der Waals surface area contributed by atoms with E-state index in [2.05, 4.69) is 20.5 Å². The van der Waals surface area contributed by atoms with Gasteiger partial charge in [-0.1, -0.05) is 23.9 Å². The minimum atomic E-state index is -5.02. The quantitative estimate of drug-likeness (QED) is 0.181. The van der Waals surface area contributed by atoms with Gasteiger partial charge >= 0.3 is 12.4 Å². The van der Waals surface area contributed by atoms with Gasteiger partial charge in [0.15, 0.2) is 0 Å². The third kappa shape index (κ3) is 6.87. The molecule has 0 aliphatic heterocycles. The van der Waals surface area contributed by atoms with Crippen molar-refractivity contribution < 1.29 is 35.9 Å². The van der Waals surface area contributed by atoms with E-state index in [0.29, 0.717) is 28.6 Å². The zero-order valence-corrected chi connectivity index (χ0v) is 21.8. The smallest absolute Gasteiger partial charge is 0.416 e. The van der Waals surface area contributed by atoms with E-state index in [1.54, 1.807) is 19.2 Å². The van der Waals surface area contributed by atoms with Gasteiger partial charge in [-0.2, -0.15) is 26.3 Å². The second-order valence-corrected chi connectivity index (χ2v) is 10.0. The number of nitrogens with one attached hydrogen (secondary N) is 1. The zero-order chi connectivity index (χ0) is 28.4. The van der Waals surface area contributed by atoms with Gasteiger partial charge in [-0.3, -0.25) is 4.79 Å². The van der Waals surface area contributed by atoms with Crippen LogP contribution in [0.5, 0.6) is 5.75 Å². The fourth-order valence-electron chi connectivity index (χ4n) is 3.45. The molecule has 204 valence electrons. The maximum atomic E-state index is 13.0. The number of carbonyl (C=O) groups excluding carboxylic acids is 1. The molecule has 39 heavy (non-hydrogen) atoms. The molecule has 0 saturated heterocycles. The fourth-order valence-corrected chi connectivity index (χ4v) is 5.13. The van der Waals surface area contributed by atoms with Crippen LogP contribution in [0, 0.1) is 6.92 Å². The third-order valence-corrected chi connectivity index (χ3v) is 7.36. The number of thioether (sulfide) groups is 1. The van der Waals surface area contributed by atoms with Crippen molar-refractivity contribution in [2.24, 2.45) is 0 Å². The number of hydrogen-bond donors (Lipinski definition) is 1. The van der Waals surface area contributed by atoms with Crippen molar-refractivity contribution in [1.29, 1.82) is 0 Å². The SMILES string of the molecule is COc1ccccc1-c1nc(C)c(-c2ccc(SCC(=O)Nc3cc(C(F)(F)F)cc(C(F)(F)F)c3)nn2)s1. The van der Waals surface area contributed by atoms with Crippen LogP contribution in [-0.4, -0.2) is 34.0 Å². The summed E-state index contributed by atoms with van der Waals surface area (Å²) in [4.78, 5) is 17.7. The van der Waals surface area contributed by atoms with Gasteiger partial charge in [0, 0.05) is 5.69 Å². The van der Waals surface area contributed by atoms with Crippen molar-refractivity contribution in [3.05, 3.63) is 71.4 Å². The monoisotopic (exact) mass is 584 g/mol. The van der Waals surface area contributed by atoms with Crippen LogP contribution in [-0.2, 0) is 17.1 Å². The number of thiazole rings is 1. The molecule has 0 aliphatic carbocycles. The average Bonchev–Trinajstić information content (AvgIpc) is 3.27. The van der Waals surface area contributed by atoms with Gasteiger partial charge in [0.25, 0.3) is 0 Å². The van der Waals surface area contributed by atoms with E-state index >= 15 is 0 Å². The number of alkyl halides is 6. The Kier molecular flexibility index (Phi) is 8.16. The summed E-state index contributed by atoms with van der Waals surface area (Å²) >= 11 is 2.33. The van der Waals surface area contributed by atoms with Crippen molar-refractivity contribution in [3.8, 4) is 26.9 Å². The first-order valence-corrected chi connectivity index (χ1v) is 12.8. The number of halogens is 6. The predicted octanol–water partition coefficient (Wildman–Crippen LogP) is 7.35. The van der Waals surface area contributed by atoms with E-state index in [-0.39, 0.29) is 11.8 Å². The topological polar surface area (TPSA) is 77.0 Å². The number of ether oxygens (including phenoxy) is 1. The molecule has 2 aromatic heterocycles. The number of benzene rings is 2. The van der Waals surface area contributed by atoms with Crippen molar-refractivity contribution in [1.82, 2.24) is 15.2 Å². The second-order valence-electron chi connectivity index (χ2n) is 8.02. The molecule has 0 spiro atoms. The summed E-state index contributed by atoms with van der Waals surface area (Å²) in [6.45, 7) is 1.83. The minimum Gasteiger partial charge on any atom is -0.496 e. The number of aryl methyl sites for hydroxylation is 1. The minimum absolute atomic E-state index is 0.00825. The van der Waals surface area contributed by atoms with Crippen LogP contribution in [0.15, 0.2) is 59.6 Å². The number of para-hydroxylation sites is 1. The van der Waals surface area contributed by atoms with Crippen LogP contribution in [0.25, 0.3) is 21.1 Å². The van der Waals surface area contributed by atoms with E-state index in [0.717, 1.165) is 32.9 Å². The van der Waals surface area contributed by atoms with E-state index in [1.807, 2.05) is 31.2 Å². The molecular weight excluding hydrogens is 566 g/mol. The van der Waals surface area contributed by atoms with Crippen LogP contribution in [0.3, 0.4) is 0 Å². The maximum Gasteiger partial charge on any atom is 0.416 e. The molecule has 0 fully saturated rings. The lowest BCUT2D eigenvalue weighted by Gasteiger charge is -2.14. The van der Waals surface area contributed by atoms with Gasteiger partial charge in [-0.15, -0.1) is 21.5 Å². The molecule has 0 aliphatic rings. The Morgan fingerprint density at radius 1 is 0.974 bits per heavy atom. The second kappa shape index (κ2) is 11.2. The highest BCUT2D eigenvalue weighted by atomic mass is 32.2. The first kappa shape index (κ1) is 28.4. The number of anilines is 1. The molecule has 0 saturated carbocycles. The molecular formula is C25H18F6N4O2S2. The molecule has 2 heterocycles. The summed E-state index contributed by atoms with van der Waals surface area (Å²) in [7, 11) is 1.57. The largest absolute Gasteiger partial charge is 0.496 e. The molecule has 4 rings (SSSR count). The highest BCUT2D eigenvalue weighted by Gasteiger charge is 2.37. The highest BCUT2D eigenvalue weighted by molar-refractivity contribution is 7.99. The molecule has 0 unspecified atom stereocenters. The number of methoxy groups -OCH3 is 1. The summed E-state index contributed by atoms with van der Waals surface area (Å²) in [6, 6.07) is 11.6. The van der Waals surface area contributed by atoms with E-state index in [9.17, 15) is 31.1 Å². The highest BCUT2D eigenvalue weighted by Crippen LogP contribution is 2.39. The van der Waals surface area contributed by atoms with Crippen LogP contribution in [0.4, 0.5) is 32.0 Å². The summed E-state index contributed by atoms with van der Waals surface area (Å²) in [6.07, 6.45) is -10.0. The van der Waals surface area contributed by atoms with E-state index in [1.165, 1.54) is 11.3 Å². The lowest BCUT2D eigenvalue weighted by Crippen LogP contribution is -2.17. The van der Waals surface area contributed by atoms with Gasteiger partial charge in [0.1, 0.15) is 21.5 Å². The average molecular weight is 585 g/mol. The molecule has 1 amide bonds. The first-order chi connectivity index (χ1) is 18.3. The van der Waals surface area contributed by atoms with Crippen molar-refractivity contribution in [2.75, 3.05) is 18.2 Å². The van der Waals surface area contributed by atoms with E-state index in [4.69, 9.17) is 4.74 Å². The van der Waals surface area contributed by atoms with Crippen LogP contribution in [0.2, 0.25) is 0 Å². The molecule has 6 nitrogen and oxygen atoms in total. The number of aromatic nitrogens is 3. The fraction of sp³-hybridized carbons (Fsp3) is 0.200.